The van der Waals surface area contributed by atoms with E-state index >= 15 is 0 Å². The molecule has 0 spiro atoms. The lowest BCUT2D eigenvalue weighted by Gasteiger charge is -2.09. The van der Waals surface area contributed by atoms with E-state index in [9.17, 15) is 4.79 Å². The molecule has 1 aromatic heterocycles. The molecule has 0 unspecified atom stereocenters. The number of carboxylic acids is 1. The van der Waals surface area contributed by atoms with Gasteiger partial charge >= 0.3 is 5.97 Å². The van der Waals surface area contributed by atoms with Gasteiger partial charge in [-0.1, -0.05) is 54.6 Å². The number of aryl methyl sites for hydroxylation is 1. The van der Waals surface area contributed by atoms with Gasteiger partial charge in [-0.15, -0.1) is 11.3 Å². The van der Waals surface area contributed by atoms with E-state index in [0.29, 0.717) is 24.7 Å². The summed E-state index contributed by atoms with van der Waals surface area (Å²) in [6.07, 6.45) is 0.899. The molecule has 7 heteroatoms. The maximum absolute atomic E-state index is 10.8. The summed E-state index contributed by atoms with van der Waals surface area (Å²) < 4.78 is 17.1. The van der Waals surface area contributed by atoms with Crippen molar-refractivity contribution >= 4 is 17.3 Å². The van der Waals surface area contributed by atoms with E-state index in [4.69, 9.17) is 24.3 Å². The normalized spacial score (nSPS) is 12.0. The number of benzene rings is 4. The maximum atomic E-state index is 10.8. The summed E-state index contributed by atoms with van der Waals surface area (Å²) in [6.45, 7) is 2.50. The fraction of sp³-hybridized carbons (Fsp3) is 0.152. The van der Waals surface area contributed by atoms with Gasteiger partial charge in [0, 0.05) is 12.0 Å². The highest BCUT2D eigenvalue weighted by atomic mass is 32.1. The predicted molar refractivity (Wildman–Crippen MR) is 156 cm³/mol. The summed E-state index contributed by atoms with van der Waals surface area (Å²) in [7, 11) is 0. The average molecular weight is 550 g/mol. The highest BCUT2D eigenvalue weighted by molar-refractivity contribution is 7.15. The highest BCUT2D eigenvalue weighted by Gasteiger charge is 2.19. The third-order valence-electron chi connectivity index (χ3n) is 6.75. The van der Waals surface area contributed by atoms with Crippen molar-refractivity contribution < 1.29 is 24.1 Å². The van der Waals surface area contributed by atoms with Gasteiger partial charge in [0.1, 0.15) is 28.9 Å². The van der Waals surface area contributed by atoms with Crippen LogP contribution in [-0.4, -0.2) is 29.3 Å². The maximum Gasteiger partial charge on any atom is 0.341 e. The smallest absolute Gasteiger partial charge is 0.341 e. The van der Waals surface area contributed by atoms with E-state index in [1.807, 2.05) is 37.3 Å². The van der Waals surface area contributed by atoms with Crippen LogP contribution in [0.5, 0.6) is 17.2 Å². The molecule has 200 valence electrons. The molecular formula is C33H27NO5S. The fourth-order valence-electron chi connectivity index (χ4n) is 4.75. The van der Waals surface area contributed by atoms with Crippen molar-refractivity contribution in [3.8, 4) is 50.1 Å². The Morgan fingerprint density at radius 3 is 2.42 bits per heavy atom. The molecule has 0 atom stereocenters. The Kier molecular flexibility index (Phi) is 7.21. The third kappa shape index (κ3) is 5.55. The Hall–Kier alpha value is -4.62. The molecule has 0 fully saturated rings. The molecule has 0 saturated heterocycles. The van der Waals surface area contributed by atoms with Crippen LogP contribution in [0.1, 0.15) is 16.1 Å². The molecule has 1 aliphatic heterocycles. The number of hydrogen-bond acceptors (Lipinski definition) is 6. The van der Waals surface area contributed by atoms with E-state index in [2.05, 4.69) is 48.5 Å². The molecule has 6 nitrogen and oxygen atoms in total. The van der Waals surface area contributed by atoms with Crippen LogP contribution >= 0.6 is 11.3 Å². The van der Waals surface area contributed by atoms with E-state index in [1.54, 1.807) is 23.5 Å². The molecule has 40 heavy (non-hydrogen) atoms. The second-order valence-corrected chi connectivity index (χ2v) is 10.6. The van der Waals surface area contributed by atoms with Gasteiger partial charge in [0.15, 0.2) is 6.61 Å². The average Bonchev–Trinajstić information content (AvgIpc) is 3.63. The van der Waals surface area contributed by atoms with Crippen molar-refractivity contribution in [3.05, 3.63) is 107 Å². The topological polar surface area (TPSA) is 77.9 Å². The number of nitrogens with zero attached hydrogens (tertiary/aromatic N) is 1. The van der Waals surface area contributed by atoms with Gasteiger partial charge in [-0.2, -0.15) is 0 Å². The van der Waals surface area contributed by atoms with E-state index in [1.165, 1.54) is 16.7 Å². The number of hydrogen-bond donors (Lipinski definition) is 1. The predicted octanol–water partition coefficient (Wildman–Crippen LogP) is 7.43. The van der Waals surface area contributed by atoms with Crippen LogP contribution in [0, 0.1) is 6.92 Å². The van der Waals surface area contributed by atoms with Crippen LogP contribution in [0.25, 0.3) is 32.8 Å². The number of fused-ring (bicyclic) bond motifs is 1. The number of aliphatic carboxylic acids is 1. The summed E-state index contributed by atoms with van der Waals surface area (Å²) in [6, 6.07) is 30.6. The van der Waals surface area contributed by atoms with Gasteiger partial charge in [0.25, 0.3) is 0 Å². The molecule has 0 aliphatic carbocycles. The molecule has 0 bridgehead atoms. The van der Waals surface area contributed by atoms with Crippen LogP contribution < -0.4 is 14.2 Å². The number of rotatable bonds is 9. The lowest BCUT2D eigenvalue weighted by Crippen LogP contribution is -2.10. The summed E-state index contributed by atoms with van der Waals surface area (Å²) in [5.74, 6) is 1.12. The largest absolute Gasteiger partial charge is 0.493 e. The van der Waals surface area contributed by atoms with Crippen molar-refractivity contribution in [2.45, 2.75) is 20.0 Å². The minimum Gasteiger partial charge on any atom is -0.493 e. The van der Waals surface area contributed by atoms with Gasteiger partial charge in [-0.25, -0.2) is 9.78 Å². The Labute approximate surface area is 236 Å². The molecule has 0 saturated carbocycles. The molecular weight excluding hydrogens is 522 g/mol. The summed E-state index contributed by atoms with van der Waals surface area (Å²) in [5, 5.41) is 9.73. The number of ether oxygens (including phenoxy) is 3. The summed E-state index contributed by atoms with van der Waals surface area (Å²) >= 11 is 1.62. The third-order valence-corrected chi connectivity index (χ3v) is 7.83. The molecule has 1 aliphatic rings. The SMILES string of the molecule is Cc1cc(OCc2nc(-c3ccc4c(c3)CCO4)c(-c3ccc(-c4ccccc4)cc3)s2)ccc1OCC(=O)O. The van der Waals surface area contributed by atoms with Gasteiger partial charge in [0.05, 0.1) is 17.2 Å². The van der Waals surface area contributed by atoms with E-state index in [-0.39, 0.29) is 6.61 Å². The summed E-state index contributed by atoms with van der Waals surface area (Å²) in [4.78, 5) is 16.9. The number of aromatic nitrogens is 1. The summed E-state index contributed by atoms with van der Waals surface area (Å²) in [5.41, 5.74) is 7.45. The van der Waals surface area contributed by atoms with Crippen LogP contribution in [0.2, 0.25) is 0 Å². The van der Waals surface area contributed by atoms with Crippen molar-refractivity contribution in [2.24, 2.45) is 0 Å². The highest BCUT2D eigenvalue weighted by Crippen LogP contribution is 2.40. The first-order valence-corrected chi connectivity index (χ1v) is 13.8. The van der Waals surface area contributed by atoms with E-state index < -0.39 is 5.97 Å². The van der Waals surface area contributed by atoms with Gasteiger partial charge < -0.3 is 19.3 Å². The monoisotopic (exact) mass is 549 g/mol. The zero-order valence-electron chi connectivity index (χ0n) is 21.9. The Morgan fingerprint density at radius 2 is 1.65 bits per heavy atom. The molecule has 4 aromatic carbocycles. The van der Waals surface area contributed by atoms with Crippen molar-refractivity contribution in [1.82, 2.24) is 4.98 Å². The standard InChI is InChI=1S/C33H27NO5S/c1-21-17-27(12-14-28(21)39-20-31(35)36)38-19-30-34-32(26-11-13-29-25(18-26)15-16-37-29)33(40-30)24-9-7-23(8-10-24)22-5-3-2-4-6-22/h2-14,17-18H,15-16,19-20H2,1H3,(H,35,36). The first-order chi connectivity index (χ1) is 19.5. The van der Waals surface area contributed by atoms with E-state index in [0.717, 1.165) is 44.4 Å². The van der Waals surface area contributed by atoms with Crippen molar-refractivity contribution in [1.29, 1.82) is 0 Å². The number of thiazole rings is 1. The zero-order valence-corrected chi connectivity index (χ0v) is 22.7. The van der Waals surface area contributed by atoms with Gasteiger partial charge in [0.2, 0.25) is 0 Å². The lowest BCUT2D eigenvalue weighted by atomic mass is 10.0. The number of carboxylic acid groups (broad SMARTS) is 1. The van der Waals surface area contributed by atoms with Crippen molar-refractivity contribution in [3.63, 3.8) is 0 Å². The molecule has 0 radical (unpaired) electrons. The Bertz CT molecular complexity index is 1660. The van der Waals surface area contributed by atoms with Crippen molar-refractivity contribution in [2.75, 3.05) is 13.2 Å². The lowest BCUT2D eigenvalue weighted by molar-refractivity contribution is -0.139. The first-order valence-electron chi connectivity index (χ1n) is 13.0. The molecule has 2 heterocycles. The minimum atomic E-state index is -1.01. The first kappa shape index (κ1) is 25.6. The second-order valence-electron chi connectivity index (χ2n) is 9.55. The fourth-order valence-corrected chi connectivity index (χ4v) is 5.76. The van der Waals surface area contributed by atoms with Crippen LogP contribution in [0.15, 0.2) is 91.0 Å². The molecule has 1 N–H and O–H groups in total. The zero-order chi connectivity index (χ0) is 27.5. The Morgan fingerprint density at radius 1 is 0.900 bits per heavy atom. The second kappa shape index (κ2) is 11.2. The van der Waals surface area contributed by atoms with Crippen LogP contribution in [0.4, 0.5) is 0 Å². The molecule has 6 rings (SSSR count). The molecule has 5 aromatic rings. The Balaban J connectivity index is 1.28. The molecule has 0 amide bonds. The number of carbonyl (C=O) groups is 1. The van der Waals surface area contributed by atoms with Crippen LogP contribution in [0.3, 0.4) is 0 Å². The quantitative estimate of drug-likeness (QED) is 0.206. The van der Waals surface area contributed by atoms with Crippen LogP contribution in [-0.2, 0) is 17.8 Å². The minimum absolute atomic E-state index is 0.308. The van der Waals surface area contributed by atoms with Gasteiger partial charge in [-0.3, -0.25) is 0 Å². The van der Waals surface area contributed by atoms with Gasteiger partial charge in [-0.05, 0) is 71.1 Å².